The molecule has 1 aliphatic heterocycles. The van der Waals surface area contributed by atoms with E-state index in [1.54, 1.807) is 6.20 Å². The highest BCUT2D eigenvalue weighted by Crippen LogP contribution is 2.25. The molecular weight excluding hydrogens is 374 g/mol. The van der Waals surface area contributed by atoms with Crippen molar-refractivity contribution < 1.29 is 13.2 Å². The fraction of sp³-hybridized carbons (Fsp3) is 0.250. The molecule has 0 saturated carbocycles. The van der Waals surface area contributed by atoms with Crippen LogP contribution < -0.4 is 5.32 Å². The average Bonchev–Trinajstić information content (AvgIpc) is 3.42. The number of aromatic amines is 2. The van der Waals surface area contributed by atoms with Gasteiger partial charge in [-0.25, -0.2) is 13.4 Å². The quantitative estimate of drug-likeness (QED) is 0.620. The van der Waals surface area contributed by atoms with Gasteiger partial charge in [-0.15, -0.1) is 11.3 Å². The van der Waals surface area contributed by atoms with Gasteiger partial charge in [-0.1, -0.05) is 0 Å². The van der Waals surface area contributed by atoms with E-state index in [-0.39, 0.29) is 10.6 Å². The van der Waals surface area contributed by atoms with Crippen LogP contribution in [0.5, 0.6) is 0 Å². The summed E-state index contributed by atoms with van der Waals surface area (Å²) in [6, 6.07) is 5.12. The van der Waals surface area contributed by atoms with E-state index in [9.17, 15) is 13.2 Å². The number of hydrogen-bond donors (Lipinski definition) is 3. The Bertz CT molecular complexity index is 1010. The summed E-state index contributed by atoms with van der Waals surface area (Å²) in [6.45, 7) is 1.05. The summed E-state index contributed by atoms with van der Waals surface area (Å²) in [5, 5.41) is 4.97. The van der Waals surface area contributed by atoms with Crippen LogP contribution in [0.1, 0.15) is 23.3 Å². The van der Waals surface area contributed by atoms with E-state index in [4.69, 9.17) is 0 Å². The zero-order valence-corrected chi connectivity index (χ0v) is 15.4. The normalized spacial score (nSPS) is 15.4. The number of nitrogens with one attached hydrogen (secondary N) is 3. The van der Waals surface area contributed by atoms with E-state index in [1.165, 1.54) is 27.9 Å². The van der Waals surface area contributed by atoms with Gasteiger partial charge in [0.15, 0.2) is 5.13 Å². The number of hydrogen-bond acceptors (Lipinski definition) is 5. The molecule has 0 atom stereocenters. The largest absolute Gasteiger partial charge is 0.360 e. The molecule has 136 valence electrons. The van der Waals surface area contributed by atoms with Crippen molar-refractivity contribution in [1.82, 2.24) is 19.3 Å². The Hall–Kier alpha value is -2.43. The zero-order valence-electron chi connectivity index (χ0n) is 13.7. The molecule has 1 amide bonds. The Morgan fingerprint density at radius 3 is 2.81 bits per heavy atom. The molecular formula is C16H17N5O3S2. The van der Waals surface area contributed by atoms with Crippen LogP contribution in [0.15, 0.2) is 40.9 Å². The Balaban J connectivity index is 1.48. The maximum absolute atomic E-state index is 12.5. The van der Waals surface area contributed by atoms with Crippen LogP contribution >= 0.6 is 11.3 Å². The first kappa shape index (κ1) is 17.0. The van der Waals surface area contributed by atoms with Crippen molar-refractivity contribution in [2.24, 2.45) is 0 Å². The van der Waals surface area contributed by atoms with Gasteiger partial charge in [0.1, 0.15) is 10.6 Å². The van der Waals surface area contributed by atoms with Crippen molar-refractivity contribution in [3.05, 3.63) is 41.7 Å². The molecule has 3 aromatic heterocycles. The monoisotopic (exact) mass is 391 g/mol. The highest BCUT2D eigenvalue weighted by Gasteiger charge is 2.28. The summed E-state index contributed by atoms with van der Waals surface area (Å²) in [6.07, 6.45) is 4.89. The molecule has 0 bridgehead atoms. The maximum atomic E-state index is 12.5. The predicted molar refractivity (Wildman–Crippen MR) is 98.6 cm³/mol. The third kappa shape index (κ3) is 3.18. The molecule has 0 spiro atoms. The second kappa shape index (κ2) is 6.71. The summed E-state index contributed by atoms with van der Waals surface area (Å²) < 4.78 is 26.5. The van der Waals surface area contributed by atoms with Crippen molar-refractivity contribution in [3.8, 4) is 11.4 Å². The van der Waals surface area contributed by atoms with Gasteiger partial charge in [-0.05, 0) is 31.0 Å². The number of carbonyl (C=O) groups is 1. The molecule has 4 rings (SSSR count). The first-order valence-electron chi connectivity index (χ1n) is 8.13. The van der Waals surface area contributed by atoms with Gasteiger partial charge in [0, 0.05) is 30.9 Å². The van der Waals surface area contributed by atoms with E-state index in [0.717, 1.165) is 24.2 Å². The maximum Gasteiger partial charge on any atom is 0.273 e. The Morgan fingerprint density at radius 2 is 2.08 bits per heavy atom. The number of thiazole rings is 1. The van der Waals surface area contributed by atoms with Crippen LogP contribution in [0.2, 0.25) is 0 Å². The van der Waals surface area contributed by atoms with Crippen LogP contribution in [0.4, 0.5) is 5.13 Å². The van der Waals surface area contributed by atoms with Gasteiger partial charge in [0.2, 0.25) is 10.0 Å². The molecule has 10 heteroatoms. The number of aromatic nitrogens is 3. The van der Waals surface area contributed by atoms with Crippen LogP contribution in [-0.4, -0.2) is 46.7 Å². The van der Waals surface area contributed by atoms with Crippen molar-refractivity contribution >= 4 is 32.4 Å². The summed E-state index contributed by atoms with van der Waals surface area (Å²) in [5.74, 6) is -0.430. The molecule has 0 aromatic carbocycles. The van der Waals surface area contributed by atoms with Gasteiger partial charge in [-0.3, -0.25) is 10.1 Å². The SMILES string of the molecule is O=C(Nc1nc(-c2ccc[nH]2)cs1)c1cc(S(=O)(=O)N2CCCC2)c[nH]1. The van der Waals surface area contributed by atoms with E-state index in [2.05, 4.69) is 20.3 Å². The molecule has 8 nitrogen and oxygen atoms in total. The highest BCUT2D eigenvalue weighted by molar-refractivity contribution is 7.89. The predicted octanol–water partition coefficient (Wildman–Crippen LogP) is 2.50. The first-order valence-corrected chi connectivity index (χ1v) is 10.5. The van der Waals surface area contributed by atoms with Gasteiger partial charge >= 0.3 is 0 Å². The summed E-state index contributed by atoms with van der Waals surface area (Å²) >= 11 is 1.30. The molecule has 4 heterocycles. The summed E-state index contributed by atoms with van der Waals surface area (Å²) in [4.78, 5) is 22.6. The van der Waals surface area contributed by atoms with Gasteiger partial charge < -0.3 is 9.97 Å². The number of sulfonamides is 1. The third-order valence-corrected chi connectivity index (χ3v) is 6.84. The lowest BCUT2D eigenvalue weighted by atomic mass is 10.3. The Kier molecular flexibility index (Phi) is 4.39. The van der Waals surface area contributed by atoms with E-state index >= 15 is 0 Å². The van der Waals surface area contributed by atoms with E-state index in [0.29, 0.717) is 18.2 Å². The van der Waals surface area contributed by atoms with Crippen molar-refractivity contribution in [2.75, 3.05) is 18.4 Å². The molecule has 3 aromatic rings. The van der Waals surface area contributed by atoms with Crippen LogP contribution in [0, 0.1) is 0 Å². The minimum absolute atomic E-state index is 0.107. The van der Waals surface area contributed by atoms with Gasteiger partial charge in [-0.2, -0.15) is 4.31 Å². The first-order chi connectivity index (χ1) is 12.5. The average molecular weight is 391 g/mol. The number of H-pyrrole nitrogens is 2. The number of anilines is 1. The van der Waals surface area contributed by atoms with E-state index in [1.807, 2.05) is 17.5 Å². The molecule has 3 N–H and O–H groups in total. The van der Waals surface area contributed by atoms with Gasteiger partial charge in [0.05, 0.1) is 11.4 Å². The topological polar surface area (TPSA) is 111 Å². The molecule has 0 radical (unpaired) electrons. The molecule has 1 aliphatic rings. The van der Waals surface area contributed by atoms with Crippen molar-refractivity contribution in [2.45, 2.75) is 17.7 Å². The fourth-order valence-electron chi connectivity index (χ4n) is 2.84. The lowest BCUT2D eigenvalue weighted by Gasteiger charge is -2.13. The molecule has 0 aliphatic carbocycles. The smallest absolute Gasteiger partial charge is 0.273 e. The molecule has 1 fully saturated rings. The lowest BCUT2D eigenvalue weighted by Crippen LogP contribution is -2.27. The standard InChI is InChI=1S/C16H17N5O3S2/c22-15(20-16-19-14(10-25-16)12-4-3-5-17-12)13-8-11(9-18-13)26(23,24)21-6-1-2-7-21/h3-5,8-10,17-18H,1-2,6-7H2,(H,19,20,22). The minimum Gasteiger partial charge on any atom is -0.360 e. The number of amides is 1. The van der Waals surface area contributed by atoms with Crippen LogP contribution in [-0.2, 0) is 10.0 Å². The van der Waals surface area contributed by atoms with Crippen molar-refractivity contribution in [3.63, 3.8) is 0 Å². The lowest BCUT2D eigenvalue weighted by molar-refractivity contribution is 0.102. The highest BCUT2D eigenvalue weighted by atomic mass is 32.2. The van der Waals surface area contributed by atoms with Crippen molar-refractivity contribution in [1.29, 1.82) is 0 Å². The third-order valence-electron chi connectivity index (χ3n) is 4.20. The molecule has 0 unspecified atom stereocenters. The molecule has 26 heavy (non-hydrogen) atoms. The molecule has 1 saturated heterocycles. The number of carbonyl (C=O) groups excluding carboxylic acids is 1. The number of nitrogens with zero attached hydrogens (tertiary/aromatic N) is 2. The minimum atomic E-state index is -3.54. The Morgan fingerprint density at radius 1 is 1.27 bits per heavy atom. The summed E-state index contributed by atoms with van der Waals surface area (Å²) in [7, 11) is -3.54. The fourth-order valence-corrected chi connectivity index (χ4v) is 5.06. The Labute approximate surface area is 154 Å². The van der Waals surface area contributed by atoms with E-state index < -0.39 is 15.9 Å². The van der Waals surface area contributed by atoms with Crippen LogP contribution in [0.25, 0.3) is 11.4 Å². The second-order valence-corrected chi connectivity index (χ2v) is 8.73. The van der Waals surface area contributed by atoms with Crippen LogP contribution in [0.3, 0.4) is 0 Å². The number of rotatable bonds is 5. The second-order valence-electron chi connectivity index (χ2n) is 5.94. The zero-order chi connectivity index (χ0) is 18.1. The van der Waals surface area contributed by atoms with Gasteiger partial charge in [0.25, 0.3) is 5.91 Å². The summed E-state index contributed by atoms with van der Waals surface area (Å²) in [5.41, 5.74) is 1.78.